The third-order valence-corrected chi connectivity index (χ3v) is 15.3. The first-order chi connectivity index (χ1) is 35.3. The Morgan fingerprint density at radius 2 is 0.972 bits per heavy atom. The SMILES string of the molecule is CCCCCCOc1ccc(N(c2ccc(OCCCCCC)cc2)c2ccc(-c3ccc(-c4ccc(-c5ccc(/C=C(\C#N)C(=O)O)s5)c5nc(CCCCCC)c(CCCCCC)nc45)s3)cc2)cc1. The van der Waals surface area contributed by atoms with Gasteiger partial charge in [0.05, 0.1) is 35.6 Å². The van der Waals surface area contributed by atoms with E-state index >= 15 is 0 Å². The summed E-state index contributed by atoms with van der Waals surface area (Å²) >= 11 is 3.22. The molecule has 0 atom stereocenters. The number of hydrogen-bond donors (Lipinski definition) is 1. The highest BCUT2D eigenvalue weighted by molar-refractivity contribution is 7.19. The number of carboxylic acids is 1. The molecule has 3 aromatic heterocycles. The molecule has 0 radical (unpaired) electrons. The number of nitriles is 1. The molecule has 7 aromatic rings. The number of benzene rings is 4. The van der Waals surface area contributed by atoms with Crippen LogP contribution in [-0.4, -0.2) is 34.3 Å². The van der Waals surface area contributed by atoms with Gasteiger partial charge in [-0.25, -0.2) is 14.8 Å². The fourth-order valence-corrected chi connectivity index (χ4v) is 11.0. The van der Waals surface area contributed by atoms with Crippen molar-refractivity contribution in [2.24, 2.45) is 0 Å². The van der Waals surface area contributed by atoms with Gasteiger partial charge in [-0.15, -0.1) is 22.7 Å². The van der Waals surface area contributed by atoms with Crippen LogP contribution in [0.1, 0.15) is 147 Å². The van der Waals surface area contributed by atoms with Gasteiger partial charge in [0.1, 0.15) is 23.1 Å². The van der Waals surface area contributed by atoms with Crippen molar-refractivity contribution in [3.63, 3.8) is 0 Å². The fourth-order valence-electron chi connectivity index (χ4n) is 8.98. The molecule has 10 heteroatoms. The van der Waals surface area contributed by atoms with Crippen LogP contribution < -0.4 is 14.4 Å². The predicted molar refractivity (Wildman–Crippen MR) is 302 cm³/mol. The molecule has 0 fully saturated rings. The number of thiophene rings is 2. The van der Waals surface area contributed by atoms with Crippen molar-refractivity contribution in [3.05, 3.63) is 131 Å². The Kier molecular flexibility index (Phi) is 20.9. The van der Waals surface area contributed by atoms with Crippen molar-refractivity contribution in [2.45, 2.75) is 143 Å². The van der Waals surface area contributed by atoms with Crippen molar-refractivity contribution in [2.75, 3.05) is 18.1 Å². The molecular weight excluding hydrogens is 929 g/mol. The molecule has 1 N–H and O–H groups in total. The third-order valence-electron chi connectivity index (χ3n) is 13.0. The standard InChI is InChI=1S/C62H72N4O4S2/c1-5-9-13-17-21-55-56(22-18-14-10-6-2)65-61-54(37-36-53(60(61)64-55)58-38-35-52(71-58)43-46(44-63)62(67)68)59-40-39-57(72-59)45-23-25-47(26-24-45)66(48-27-31-50(32-28-48)69-41-19-15-11-7-3)49-29-33-51(34-30-49)70-42-20-16-12-8-4/h23-40,43H,5-22,41-42H2,1-4H3,(H,67,68)/b46-43+. The van der Waals surface area contributed by atoms with Crippen LogP contribution in [0.2, 0.25) is 0 Å². The Bertz CT molecular complexity index is 2800. The number of aliphatic carboxylic acids is 1. The van der Waals surface area contributed by atoms with Gasteiger partial charge in [-0.3, -0.25) is 0 Å². The summed E-state index contributed by atoms with van der Waals surface area (Å²) in [5, 5.41) is 19.0. The minimum Gasteiger partial charge on any atom is -0.494 e. The topological polar surface area (TPSA) is 109 Å². The fraction of sp³-hybridized carbons (Fsp3) is 0.387. The quantitative estimate of drug-likeness (QED) is 0.0270. The van der Waals surface area contributed by atoms with Crippen LogP contribution in [0.25, 0.3) is 48.4 Å². The molecular formula is C62H72N4O4S2. The zero-order valence-electron chi connectivity index (χ0n) is 42.9. The second-order valence-corrected chi connectivity index (χ2v) is 20.8. The Labute approximate surface area is 436 Å². The van der Waals surface area contributed by atoms with E-state index in [1.807, 2.05) is 18.2 Å². The lowest BCUT2D eigenvalue weighted by Gasteiger charge is -2.26. The van der Waals surface area contributed by atoms with E-state index in [9.17, 15) is 15.2 Å². The predicted octanol–water partition coefficient (Wildman–Crippen LogP) is 18.4. The van der Waals surface area contributed by atoms with E-state index in [0.717, 1.165) is 147 Å². The summed E-state index contributed by atoms with van der Waals surface area (Å²) in [4.78, 5) is 29.0. The summed E-state index contributed by atoms with van der Waals surface area (Å²) < 4.78 is 12.3. The van der Waals surface area contributed by atoms with Crippen LogP contribution in [0.4, 0.5) is 17.1 Å². The lowest BCUT2D eigenvalue weighted by molar-refractivity contribution is -0.132. The highest BCUT2D eigenvalue weighted by atomic mass is 32.1. The third kappa shape index (κ3) is 14.7. The van der Waals surface area contributed by atoms with Crippen molar-refractivity contribution in [1.29, 1.82) is 5.26 Å². The van der Waals surface area contributed by atoms with Crippen molar-refractivity contribution < 1.29 is 19.4 Å². The second kappa shape index (κ2) is 28.1. The summed E-state index contributed by atoms with van der Waals surface area (Å²) in [5.74, 6) is 0.527. The molecule has 0 amide bonds. The molecule has 0 aliphatic carbocycles. The molecule has 0 aliphatic heterocycles. The molecule has 376 valence electrons. The van der Waals surface area contributed by atoms with Crippen LogP contribution in [0.5, 0.6) is 11.5 Å². The van der Waals surface area contributed by atoms with E-state index in [1.54, 1.807) is 11.3 Å². The largest absolute Gasteiger partial charge is 0.494 e. The summed E-state index contributed by atoms with van der Waals surface area (Å²) in [5.41, 5.74) is 9.87. The van der Waals surface area contributed by atoms with Gasteiger partial charge < -0.3 is 19.5 Å². The number of aromatic nitrogens is 2. The van der Waals surface area contributed by atoms with Crippen molar-refractivity contribution in [1.82, 2.24) is 9.97 Å². The van der Waals surface area contributed by atoms with Gasteiger partial charge in [-0.05, 0) is 135 Å². The normalized spacial score (nSPS) is 11.5. The zero-order valence-corrected chi connectivity index (χ0v) is 44.5. The van der Waals surface area contributed by atoms with Crippen molar-refractivity contribution >= 4 is 62.8 Å². The molecule has 7 rings (SSSR count). The van der Waals surface area contributed by atoms with Crippen LogP contribution in [0.3, 0.4) is 0 Å². The zero-order chi connectivity index (χ0) is 50.5. The van der Waals surface area contributed by atoms with Crippen molar-refractivity contribution in [3.8, 4) is 48.9 Å². The maximum atomic E-state index is 11.7. The Hall–Kier alpha value is -6.28. The molecule has 72 heavy (non-hydrogen) atoms. The van der Waals surface area contributed by atoms with E-state index < -0.39 is 5.97 Å². The number of aryl methyl sites for hydroxylation is 2. The Balaban J connectivity index is 1.22. The monoisotopic (exact) mass is 1000 g/mol. The maximum Gasteiger partial charge on any atom is 0.346 e. The minimum absolute atomic E-state index is 0.293. The molecule has 8 nitrogen and oxygen atoms in total. The van der Waals surface area contributed by atoms with E-state index in [-0.39, 0.29) is 5.57 Å². The van der Waals surface area contributed by atoms with E-state index in [2.05, 4.69) is 130 Å². The van der Waals surface area contributed by atoms with Crippen LogP contribution in [0, 0.1) is 11.3 Å². The van der Waals surface area contributed by atoms with Crippen LogP contribution in [-0.2, 0) is 17.6 Å². The smallest absolute Gasteiger partial charge is 0.346 e. The molecule has 0 bridgehead atoms. The van der Waals surface area contributed by atoms with E-state index in [1.165, 1.54) is 81.6 Å². The molecule has 4 aromatic carbocycles. The summed E-state index contributed by atoms with van der Waals surface area (Å²) in [6, 6.07) is 40.1. The van der Waals surface area contributed by atoms with E-state index in [4.69, 9.17) is 19.4 Å². The van der Waals surface area contributed by atoms with Gasteiger partial charge in [-0.2, -0.15) is 5.26 Å². The van der Waals surface area contributed by atoms with Gasteiger partial charge >= 0.3 is 5.97 Å². The Morgan fingerprint density at radius 3 is 1.43 bits per heavy atom. The lowest BCUT2D eigenvalue weighted by Crippen LogP contribution is -2.10. The highest BCUT2D eigenvalue weighted by Gasteiger charge is 2.20. The molecule has 0 saturated heterocycles. The number of carbonyl (C=O) groups is 1. The number of anilines is 3. The number of fused-ring (bicyclic) bond motifs is 1. The van der Waals surface area contributed by atoms with Gasteiger partial charge in [0.2, 0.25) is 0 Å². The molecule has 0 unspecified atom stereocenters. The summed E-state index contributed by atoms with van der Waals surface area (Å²) in [7, 11) is 0. The maximum absolute atomic E-state index is 11.7. The summed E-state index contributed by atoms with van der Waals surface area (Å²) in [6.45, 7) is 10.4. The van der Waals surface area contributed by atoms with Gasteiger partial charge in [0.15, 0.2) is 0 Å². The highest BCUT2D eigenvalue weighted by Crippen LogP contribution is 2.43. The average molecular weight is 1000 g/mol. The van der Waals surface area contributed by atoms with Crippen LogP contribution in [0.15, 0.2) is 115 Å². The number of carboxylic acid groups (broad SMARTS) is 1. The molecule has 0 aliphatic rings. The molecule has 3 heterocycles. The lowest BCUT2D eigenvalue weighted by atomic mass is 10.0. The minimum atomic E-state index is -1.24. The summed E-state index contributed by atoms with van der Waals surface area (Å²) in [6.07, 6.45) is 21.8. The number of hydrogen-bond acceptors (Lipinski definition) is 9. The first-order valence-electron chi connectivity index (χ1n) is 26.6. The second-order valence-electron chi connectivity index (χ2n) is 18.6. The number of nitrogens with zero attached hydrogens (tertiary/aromatic N) is 4. The first-order valence-corrected chi connectivity index (χ1v) is 28.2. The molecule has 0 saturated carbocycles. The molecule has 0 spiro atoms. The van der Waals surface area contributed by atoms with Gasteiger partial charge in [0, 0.05) is 47.7 Å². The number of unbranched alkanes of at least 4 members (excludes halogenated alkanes) is 12. The Morgan fingerprint density at radius 1 is 0.542 bits per heavy atom. The average Bonchev–Trinajstić information content (AvgIpc) is 4.10. The number of rotatable bonds is 30. The van der Waals surface area contributed by atoms with Gasteiger partial charge in [-0.1, -0.05) is 129 Å². The first kappa shape index (κ1) is 53.5. The van der Waals surface area contributed by atoms with Crippen LogP contribution >= 0.6 is 22.7 Å². The number of ether oxygens (including phenoxy) is 2. The van der Waals surface area contributed by atoms with Gasteiger partial charge in [0.25, 0.3) is 0 Å². The van der Waals surface area contributed by atoms with E-state index in [0.29, 0.717) is 4.88 Å².